The summed E-state index contributed by atoms with van der Waals surface area (Å²) in [5.74, 6) is 0.877. The van der Waals surface area contributed by atoms with Crippen LogP contribution in [-0.2, 0) is 7.05 Å². The highest BCUT2D eigenvalue weighted by molar-refractivity contribution is 5.28. The number of hydrogen-bond donors (Lipinski definition) is 1. The molecule has 0 aromatic carbocycles. The summed E-state index contributed by atoms with van der Waals surface area (Å²) in [5.41, 5.74) is 1.14. The van der Waals surface area contributed by atoms with E-state index in [9.17, 15) is 0 Å². The first-order chi connectivity index (χ1) is 8.24. The number of methoxy groups -OCH3 is 1. The number of hydrogen-bond acceptors (Lipinski definition) is 3. The predicted octanol–water partition coefficient (Wildman–Crippen LogP) is 2.66. The van der Waals surface area contributed by atoms with E-state index in [2.05, 4.69) is 17.3 Å². The lowest BCUT2D eigenvalue weighted by atomic mass is 10.0. The number of aromatic nitrogens is 2. The summed E-state index contributed by atoms with van der Waals surface area (Å²) >= 11 is 0. The molecule has 17 heavy (non-hydrogen) atoms. The van der Waals surface area contributed by atoms with E-state index in [1.165, 1.54) is 25.7 Å². The fraction of sp³-hybridized carbons (Fsp3) is 0.769. The van der Waals surface area contributed by atoms with Gasteiger partial charge < -0.3 is 10.1 Å². The smallest absolute Gasteiger partial charge is 0.161 e. The highest BCUT2D eigenvalue weighted by Gasteiger charge is 2.18. The Labute approximate surface area is 104 Å². The minimum atomic E-state index is 0.328. The molecule has 1 aromatic heterocycles. The van der Waals surface area contributed by atoms with E-state index in [0.29, 0.717) is 6.04 Å². The molecule has 1 heterocycles. The molecule has 0 radical (unpaired) electrons. The van der Waals surface area contributed by atoms with Crippen LogP contribution >= 0.6 is 0 Å². The van der Waals surface area contributed by atoms with Gasteiger partial charge in [-0.25, -0.2) is 0 Å². The molecule has 4 nitrogen and oxygen atoms in total. The standard InChI is InChI=1S/C13H25N3O/c1-5-6-7-8-9-11(14-2)13-12(17-4)10-15-16(13)3/h10-11,14H,5-9H2,1-4H3. The highest BCUT2D eigenvalue weighted by atomic mass is 16.5. The second-order valence-electron chi connectivity index (χ2n) is 4.41. The van der Waals surface area contributed by atoms with Gasteiger partial charge in [-0.1, -0.05) is 32.6 Å². The van der Waals surface area contributed by atoms with Gasteiger partial charge in [0.2, 0.25) is 0 Å². The van der Waals surface area contributed by atoms with Crippen LogP contribution in [0.1, 0.15) is 50.8 Å². The summed E-state index contributed by atoms with van der Waals surface area (Å²) in [6.45, 7) is 2.24. The van der Waals surface area contributed by atoms with Crippen molar-refractivity contribution in [1.29, 1.82) is 0 Å². The van der Waals surface area contributed by atoms with Crippen molar-refractivity contribution in [2.45, 2.75) is 45.1 Å². The van der Waals surface area contributed by atoms with Crippen LogP contribution in [0, 0.1) is 0 Å². The van der Waals surface area contributed by atoms with Gasteiger partial charge in [-0.15, -0.1) is 0 Å². The molecule has 0 bridgehead atoms. The predicted molar refractivity (Wildman–Crippen MR) is 70.3 cm³/mol. The third kappa shape index (κ3) is 3.73. The SMILES string of the molecule is CCCCCCC(NC)c1c(OC)cnn1C. The maximum atomic E-state index is 5.35. The molecule has 1 atom stereocenters. The van der Waals surface area contributed by atoms with Crippen LogP contribution in [0.4, 0.5) is 0 Å². The summed E-state index contributed by atoms with van der Waals surface area (Å²) in [6.07, 6.45) is 8.05. The second kappa shape index (κ2) is 7.33. The van der Waals surface area contributed by atoms with Crippen LogP contribution < -0.4 is 10.1 Å². The number of ether oxygens (including phenoxy) is 1. The normalized spacial score (nSPS) is 12.7. The van der Waals surface area contributed by atoms with Crippen LogP contribution in [0.3, 0.4) is 0 Å². The molecule has 1 unspecified atom stereocenters. The monoisotopic (exact) mass is 239 g/mol. The van der Waals surface area contributed by atoms with Crippen LogP contribution in [0.2, 0.25) is 0 Å². The highest BCUT2D eigenvalue weighted by Crippen LogP contribution is 2.27. The zero-order valence-corrected chi connectivity index (χ0v) is 11.5. The average Bonchev–Trinajstić information content (AvgIpc) is 2.71. The Morgan fingerprint density at radius 3 is 2.76 bits per heavy atom. The molecule has 0 spiro atoms. The van der Waals surface area contributed by atoms with Gasteiger partial charge in [0.15, 0.2) is 5.75 Å². The maximum Gasteiger partial charge on any atom is 0.161 e. The second-order valence-corrected chi connectivity index (χ2v) is 4.41. The first kappa shape index (κ1) is 14.0. The van der Waals surface area contributed by atoms with Gasteiger partial charge in [-0.05, 0) is 13.5 Å². The van der Waals surface area contributed by atoms with E-state index < -0.39 is 0 Å². The molecule has 1 rings (SSSR count). The van der Waals surface area contributed by atoms with Gasteiger partial charge in [0.1, 0.15) is 0 Å². The topological polar surface area (TPSA) is 39.1 Å². The average molecular weight is 239 g/mol. The van der Waals surface area contributed by atoms with Gasteiger partial charge in [0.25, 0.3) is 0 Å². The molecule has 0 aliphatic rings. The fourth-order valence-corrected chi connectivity index (χ4v) is 2.17. The third-order valence-electron chi connectivity index (χ3n) is 3.19. The molecule has 0 aliphatic carbocycles. The first-order valence-electron chi connectivity index (χ1n) is 6.47. The lowest BCUT2D eigenvalue weighted by Gasteiger charge is -2.17. The van der Waals surface area contributed by atoms with E-state index in [1.54, 1.807) is 13.3 Å². The molecule has 1 N–H and O–H groups in total. The van der Waals surface area contributed by atoms with E-state index >= 15 is 0 Å². The molecule has 0 saturated carbocycles. The molecule has 1 aromatic rings. The van der Waals surface area contributed by atoms with Gasteiger partial charge >= 0.3 is 0 Å². The zero-order valence-electron chi connectivity index (χ0n) is 11.5. The molecule has 0 aliphatic heterocycles. The number of unbranched alkanes of at least 4 members (excludes halogenated alkanes) is 3. The van der Waals surface area contributed by atoms with Crippen molar-refractivity contribution in [2.75, 3.05) is 14.2 Å². The lowest BCUT2D eigenvalue weighted by molar-refractivity contribution is 0.390. The summed E-state index contributed by atoms with van der Waals surface area (Å²) in [5, 5.41) is 7.61. The van der Waals surface area contributed by atoms with Crippen molar-refractivity contribution < 1.29 is 4.74 Å². The van der Waals surface area contributed by atoms with Gasteiger partial charge in [0, 0.05) is 7.05 Å². The summed E-state index contributed by atoms with van der Waals surface area (Å²) in [6, 6.07) is 0.328. The first-order valence-corrected chi connectivity index (χ1v) is 6.47. The summed E-state index contributed by atoms with van der Waals surface area (Å²) in [4.78, 5) is 0. The van der Waals surface area contributed by atoms with Gasteiger partial charge in [0.05, 0.1) is 25.0 Å². The Morgan fingerprint density at radius 2 is 2.18 bits per heavy atom. The van der Waals surface area contributed by atoms with Crippen molar-refractivity contribution in [2.24, 2.45) is 7.05 Å². The lowest BCUT2D eigenvalue weighted by Crippen LogP contribution is -2.20. The van der Waals surface area contributed by atoms with Crippen molar-refractivity contribution in [3.05, 3.63) is 11.9 Å². The van der Waals surface area contributed by atoms with Crippen LogP contribution in [0.15, 0.2) is 6.20 Å². The maximum absolute atomic E-state index is 5.35. The largest absolute Gasteiger partial charge is 0.493 e. The van der Waals surface area contributed by atoms with Crippen molar-refractivity contribution in [1.82, 2.24) is 15.1 Å². The quantitative estimate of drug-likeness (QED) is 0.709. The number of nitrogens with one attached hydrogen (secondary N) is 1. The Kier molecular flexibility index (Phi) is 6.05. The van der Waals surface area contributed by atoms with Crippen LogP contribution in [-0.4, -0.2) is 23.9 Å². The Hall–Kier alpha value is -1.03. The molecule has 4 heteroatoms. The molecule has 0 amide bonds. The number of aryl methyl sites for hydroxylation is 1. The Bertz CT molecular complexity index is 322. The van der Waals surface area contributed by atoms with Crippen molar-refractivity contribution >= 4 is 0 Å². The van der Waals surface area contributed by atoms with Gasteiger partial charge in [-0.3, -0.25) is 4.68 Å². The van der Waals surface area contributed by atoms with Crippen molar-refractivity contribution in [3.63, 3.8) is 0 Å². The minimum absolute atomic E-state index is 0.328. The molecule has 98 valence electrons. The van der Waals surface area contributed by atoms with E-state index in [-0.39, 0.29) is 0 Å². The van der Waals surface area contributed by atoms with E-state index in [0.717, 1.165) is 17.9 Å². The summed E-state index contributed by atoms with van der Waals surface area (Å²) < 4.78 is 7.26. The molecular weight excluding hydrogens is 214 g/mol. The molecule has 0 saturated heterocycles. The number of rotatable bonds is 8. The Morgan fingerprint density at radius 1 is 1.41 bits per heavy atom. The third-order valence-corrected chi connectivity index (χ3v) is 3.19. The van der Waals surface area contributed by atoms with Crippen molar-refractivity contribution in [3.8, 4) is 5.75 Å². The minimum Gasteiger partial charge on any atom is -0.493 e. The Balaban J connectivity index is 2.62. The van der Waals surface area contributed by atoms with E-state index in [1.807, 2.05) is 18.8 Å². The van der Waals surface area contributed by atoms with Crippen LogP contribution in [0.25, 0.3) is 0 Å². The molecule has 0 fully saturated rings. The van der Waals surface area contributed by atoms with Crippen LogP contribution in [0.5, 0.6) is 5.75 Å². The molecular formula is C13H25N3O. The van der Waals surface area contributed by atoms with Gasteiger partial charge in [-0.2, -0.15) is 5.10 Å². The van der Waals surface area contributed by atoms with E-state index in [4.69, 9.17) is 4.74 Å². The number of nitrogens with zero attached hydrogens (tertiary/aromatic N) is 2. The summed E-state index contributed by atoms with van der Waals surface area (Å²) in [7, 11) is 5.66. The zero-order chi connectivity index (χ0) is 12.7. The fourth-order valence-electron chi connectivity index (χ4n) is 2.17.